The molecular formula is C20H21FN2O2. The van der Waals surface area contributed by atoms with E-state index in [-0.39, 0.29) is 17.9 Å². The van der Waals surface area contributed by atoms with Gasteiger partial charge in [-0.1, -0.05) is 18.4 Å². The minimum absolute atomic E-state index is 0.136. The van der Waals surface area contributed by atoms with Crippen LogP contribution in [0.4, 0.5) is 4.39 Å². The molecule has 0 spiro atoms. The molecule has 5 heteroatoms. The van der Waals surface area contributed by atoms with Crippen LogP contribution in [0.3, 0.4) is 0 Å². The smallest absolute Gasteiger partial charge is 0.206 e. The quantitative estimate of drug-likeness (QED) is 0.503. The van der Waals surface area contributed by atoms with Crippen LogP contribution in [0.1, 0.15) is 12.7 Å². The van der Waals surface area contributed by atoms with Gasteiger partial charge in [-0.25, -0.2) is 0 Å². The van der Waals surface area contributed by atoms with Gasteiger partial charge in [0.05, 0.1) is 5.57 Å². The lowest BCUT2D eigenvalue weighted by Gasteiger charge is -2.28. The first-order valence-corrected chi connectivity index (χ1v) is 7.78. The second-order valence-corrected chi connectivity index (χ2v) is 5.40. The molecule has 1 atom stereocenters. The lowest BCUT2D eigenvalue weighted by Crippen LogP contribution is -2.40. The normalized spacial score (nSPS) is 18.9. The minimum atomic E-state index is -0.375. The second kappa shape index (κ2) is 8.22. The number of halogens is 1. The van der Waals surface area contributed by atoms with Crippen molar-refractivity contribution in [3.05, 3.63) is 64.0 Å². The molecule has 1 aromatic heterocycles. The van der Waals surface area contributed by atoms with Gasteiger partial charge < -0.3 is 14.4 Å². The Bertz CT molecular complexity index is 923. The molecule has 2 heterocycles. The Morgan fingerprint density at radius 3 is 2.96 bits per heavy atom. The summed E-state index contributed by atoms with van der Waals surface area (Å²) in [5.41, 5.74) is 0.771. The van der Waals surface area contributed by atoms with Gasteiger partial charge in [0.1, 0.15) is 23.1 Å². The Kier molecular flexibility index (Phi) is 6.04. The molecule has 0 bridgehead atoms. The van der Waals surface area contributed by atoms with Crippen LogP contribution >= 0.6 is 0 Å². The van der Waals surface area contributed by atoms with Gasteiger partial charge in [0, 0.05) is 12.3 Å². The average molecular weight is 340 g/mol. The summed E-state index contributed by atoms with van der Waals surface area (Å²) >= 11 is 0. The number of hydrogen-bond donors (Lipinski definition) is 2. The molecule has 4 nitrogen and oxygen atoms in total. The van der Waals surface area contributed by atoms with E-state index in [0.717, 1.165) is 0 Å². The van der Waals surface area contributed by atoms with Gasteiger partial charge in [-0.15, -0.1) is 0 Å². The number of allylic oxidation sites excluding steroid dienone is 5. The topological polar surface area (TPSA) is 48.6 Å². The molecule has 0 radical (unpaired) electrons. The van der Waals surface area contributed by atoms with E-state index >= 15 is 0 Å². The lowest BCUT2D eigenvalue weighted by molar-refractivity contribution is 0.246. The standard InChI is InChI=1S/C20H21FN2O2/c1-5-17(24)12-16-13-18(25-14(16)2)9-7-6-8-15-10-11-19(22-3)23(4)20(15)21/h5,7,9-13,19,22,24H,2H2,1,3-4H3/b9-7+,16-12-,17-5+. The zero-order valence-corrected chi connectivity index (χ0v) is 14.5. The molecule has 0 aliphatic carbocycles. The van der Waals surface area contributed by atoms with Gasteiger partial charge in [-0.3, -0.25) is 5.32 Å². The molecule has 0 aromatic carbocycles. The number of aliphatic hydroxyl groups excluding tert-OH is 1. The van der Waals surface area contributed by atoms with Crippen molar-refractivity contribution in [3.63, 3.8) is 0 Å². The van der Waals surface area contributed by atoms with Gasteiger partial charge in [0.2, 0.25) is 5.95 Å². The maximum Gasteiger partial charge on any atom is 0.206 e. The van der Waals surface area contributed by atoms with Crippen molar-refractivity contribution in [2.75, 3.05) is 14.1 Å². The SMILES string of the molecule is C=c1oc(/C=C/C#CC2=C(F)N(C)C(NC)C=C2)c/c1=C/C(O)=C\C. The summed E-state index contributed by atoms with van der Waals surface area (Å²) in [5.74, 6) is 5.88. The van der Waals surface area contributed by atoms with Crippen LogP contribution in [0.15, 0.2) is 52.1 Å². The first-order chi connectivity index (χ1) is 12.0. The van der Waals surface area contributed by atoms with E-state index < -0.39 is 0 Å². The van der Waals surface area contributed by atoms with Crippen molar-refractivity contribution in [3.8, 4) is 11.8 Å². The summed E-state index contributed by atoms with van der Waals surface area (Å²) in [6.45, 7) is 5.51. The lowest BCUT2D eigenvalue weighted by atomic mass is 10.1. The number of likely N-dealkylation sites (N-methyl/N-ethyl adjacent to an activating group) is 2. The Hall–Kier alpha value is -2.97. The number of hydrogen-bond acceptors (Lipinski definition) is 4. The summed E-state index contributed by atoms with van der Waals surface area (Å²) in [6, 6.07) is 1.74. The van der Waals surface area contributed by atoms with Gasteiger partial charge in [-0.05, 0) is 56.5 Å². The monoisotopic (exact) mass is 340 g/mol. The highest BCUT2D eigenvalue weighted by molar-refractivity contribution is 5.52. The molecule has 0 saturated heterocycles. The van der Waals surface area contributed by atoms with Crippen molar-refractivity contribution >= 4 is 18.7 Å². The van der Waals surface area contributed by atoms with Crippen LogP contribution < -0.4 is 16.0 Å². The molecule has 1 aliphatic heterocycles. The van der Waals surface area contributed by atoms with E-state index in [1.54, 1.807) is 57.5 Å². The summed E-state index contributed by atoms with van der Waals surface area (Å²) in [6.07, 6.45) is 9.70. The van der Waals surface area contributed by atoms with E-state index in [4.69, 9.17) is 4.42 Å². The molecule has 1 aliphatic rings. The first kappa shape index (κ1) is 18.4. The predicted octanol–water partition coefficient (Wildman–Crippen LogP) is 2.18. The fraction of sp³-hybridized carbons (Fsp3) is 0.200. The molecule has 1 unspecified atom stereocenters. The zero-order valence-electron chi connectivity index (χ0n) is 14.5. The van der Waals surface area contributed by atoms with Crippen molar-refractivity contribution in [2.45, 2.75) is 13.1 Å². The molecule has 2 rings (SSSR count). The van der Waals surface area contributed by atoms with E-state index in [2.05, 4.69) is 23.7 Å². The van der Waals surface area contributed by atoms with Crippen molar-refractivity contribution in [1.82, 2.24) is 10.2 Å². The molecular weight excluding hydrogens is 319 g/mol. The van der Waals surface area contributed by atoms with Gasteiger partial charge >= 0.3 is 0 Å². The maximum absolute atomic E-state index is 14.2. The molecule has 25 heavy (non-hydrogen) atoms. The highest BCUT2D eigenvalue weighted by Crippen LogP contribution is 2.18. The summed E-state index contributed by atoms with van der Waals surface area (Å²) in [7, 11) is 3.43. The van der Waals surface area contributed by atoms with Gasteiger partial charge in [0.15, 0.2) is 0 Å². The Balaban J connectivity index is 2.16. The van der Waals surface area contributed by atoms with E-state index in [1.807, 2.05) is 6.08 Å². The van der Waals surface area contributed by atoms with Crippen LogP contribution in [0.2, 0.25) is 0 Å². The number of nitrogens with one attached hydrogen (secondary N) is 1. The van der Waals surface area contributed by atoms with Crippen molar-refractivity contribution in [2.24, 2.45) is 0 Å². The average Bonchev–Trinajstić information content (AvgIpc) is 2.94. The zero-order chi connectivity index (χ0) is 18.4. The van der Waals surface area contributed by atoms with Crippen molar-refractivity contribution < 1.29 is 13.9 Å². The Labute approximate surface area is 146 Å². The van der Waals surface area contributed by atoms with E-state index in [9.17, 15) is 9.50 Å². The Morgan fingerprint density at radius 1 is 1.52 bits per heavy atom. The second-order valence-electron chi connectivity index (χ2n) is 5.40. The summed E-state index contributed by atoms with van der Waals surface area (Å²) < 4.78 is 19.6. The molecule has 0 saturated carbocycles. The third kappa shape index (κ3) is 4.52. The summed E-state index contributed by atoms with van der Waals surface area (Å²) in [5, 5.41) is 13.2. The third-order valence-electron chi connectivity index (χ3n) is 3.69. The highest BCUT2D eigenvalue weighted by Gasteiger charge is 2.19. The first-order valence-electron chi connectivity index (χ1n) is 7.78. The number of nitrogens with zero attached hydrogens (tertiary/aromatic N) is 1. The molecule has 2 N–H and O–H groups in total. The fourth-order valence-electron chi connectivity index (χ4n) is 2.24. The van der Waals surface area contributed by atoms with Crippen LogP contribution in [0, 0.1) is 11.8 Å². The van der Waals surface area contributed by atoms with Gasteiger partial charge in [0.25, 0.3) is 0 Å². The predicted molar refractivity (Wildman–Crippen MR) is 99.0 cm³/mol. The molecule has 1 aromatic rings. The van der Waals surface area contributed by atoms with Crippen LogP contribution in [0.25, 0.3) is 18.7 Å². The number of aliphatic hydroxyl groups is 1. The number of rotatable bonds is 3. The van der Waals surface area contributed by atoms with Crippen LogP contribution in [0.5, 0.6) is 0 Å². The summed E-state index contributed by atoms with van der Waals surface area (Å²) in [4.78, 5) is 1.48. The van der Waals surface area contributed by atoms with E-state index in [1.165, 1.54) is 4.90 Å². The fourth-order valence-corrected chi connectivity index (χ4v) is 2.24. The highest BCUT2D eigenvalue weighted by atomic mass is 19.1. The molecule has 0 amide bonds. The van der Waals surface area contributed by atoms with Crippen LogP contribution in [-0.4, -0.2) is 30.3 Å². The third-order valence-corrected chi connectivity index (χ3v) is 3.69. The van der Waals surface area contributed by atoms with Crippen molar-refractivity contribution in [1.29, 1.82) is 0 Å². The van der Waals surface area contributed by atoms with Gasteiger partial charge in [-0.2, -0.15) is 4.39 Å². The van der Waals surface area contributed by atoms with Crippen LogP contribution in [-0.2, 0) is 0 Å². The maximum atomic E-state index is 14.2. The molecule has 130 valence electrons. The Morgan fingerprint density at radius 2 is 2.28 bits per heavy atom. The number of furan rings is 1. The van der Waals surface area contributed by atoms with E-state index in [0.29, 0.717) is 22.0 Å². The largest absolute Gasteiger partial charge is 0.508 e. The minimum Gasteiger partial charge on any atom is -0.508 e. The molecule has 0 fully saturated rings.